The van der Waals surface area contributed by atoms with Gasteiger partial charge < -0.3 is 16.9 Å². The molecule has 0 aromatic heterocycles. The molecule has 0 fully saturated rings. The highest BCUT2D eigenvalue weighted by Crippen LogP contribution is 2.10. The zero-order valence-electron chi connectivity index (χ0n) is 6.17. The summed E-state index contributed by atoms with van der Waals surface area (Å²) in [4.78, 5) is 0. The topological polar surface area (TPSA) is 75.9 Å². The monoisotopic (exact) mass is 149 g/mol. The second kappa shape index (κ2) is 3.16. The quantitative estimate of drug-likeness (QED) is 0.428. The number of benzene rings is 1. The summed E-state index contributed by atoms with van der Waals surface area (Å²) in [7, 11) is 0. The van der Waals surface area contributed by atoms with Gasteiger partial charge in [-0.2, -0.15) is 0 Å². The first kappa shape index (κ1) is 7.75. The Morgan fingerprint density at radius 1 is 1.45 bits per heavy atom. The molecule has 0 bridgehead atoms. The van der Waals surface area contributed by atoms with Crippen LogP contribution in [0.1, 0.15) is 11.1 Å². The zero-order valence-corrected chi connectivity index (χ0v) is 6.17. The van der Waals surface area contributed by atoms with E-state index in [1.165, 1.54) is 6.21 Å². The molecule has 0 amide bonds. The van der Waals surface area contributed by atoms with Crippen molar-refractivity contribution >= 4 is 11.9 Å². The molecule has 0 aliphatic heterocycles. The second-order valence-electron chi connectivity index (χ2n) is 2.31. The lowest BCUT2D eigenvalue weighted by Gasteiger charge is -2.01. The van der Waals surface area contributed by atoms with E-state index in [9.17, 15) is 0 Å². The minimum atomic E-state index is 0.487. The van der Waals surface area contributed by atoms with Crippen molar-refractivity contribution in [1.29, 1.82) is 5.41 Å². The van der Waals surface area contributed by atoms with E-state index >= 15 is 0 Å². The van der Waals surface area contributed by atoms with Gasteiger partial charge in [-0.25, -0.2) is 0 Å². The summed E-state index contributed by atoms with van der Waals surface area (Å²) in [6.07, 6.45) is 1.23. The van der Waals surface area contributed by atoms with Gasteiger partial charge in [-0.15, -0.1) is 0 Å². The van der Waals surface area contributed by atoms with E-state index in [1.54, 1.807) is 6.07 Å². The van der Waals surface area contributed by atoms with E-state index in [1.807, 2.05) is 12.1 Å². The number of hydrogen-bond acceptors (Lipinski definition) is 3. The van der Waals surface area contributed by atoms with Crippen LogP contribution in [0.15, 0.2) is 18.2 Å². The maximum absolute atomic E-state index is 7.01. The van der Waals surface area contributed by atoms with Crippen LogP contribution in [0.25, 0.3) is 0 Å². The van der Waals surface area contributed by atoms with Crippen molar-refractivity contribution in [2.45, 2.75) is 6.54 Å². The van der Waals surface area contributed by atoms with Crippen molar-refractivity contribution in [2.24, 2.45) is 5.73 Å². The maximum atomic E-state index is 7.01. The standard InChI is InChI=1S/C8H11N3/c9-4-6-1-2-8(11)7(3-6)5-10/h1-3,5,10H,4,9,11H2. The fraction of sp³-hybridized carbons (Fsp3) is 0.125. The molecule has 0 saturated heterocycles. The summed E-state index contributed by atoms with van der Waals surface area (Å²) in [5.41, 5.74) is 13.3. The summed E-state index contributed by atoms with van der Waals surface area (Å²) < 4.78 is 0. The van der Waals surface area contributed by atoms with E-state index < -0.39 is 0 Å². The van der Waals surface area contributed by atoms with Crippen molar-refractivity contribution in [3.63, 3.8) is 0 Å². The molecular formula is C8H11N3. The molecule has 0 unspecified atom stereocenters. The van der Waals surface area contributed by atoms with Crippen molar-refractivity contribution in [3.8, 4) is 0 Å². The Hall–Kier alpha value is -1.35. The Morgan fingerprint density at radius 2 is 2.18 bits per heavy atom. The third-order valence-corrected chi connectivity index (χ3v) is 1.54. The fourth-order valence-electron chi connectivity index (χ4n) is 0.876. The minimum Gasteiger partial charge on any atom is -0.398 e. The van der Waals surface area contributed by atoms with Crippen LogP contribution in [-0.4, -0.2) is 6.21 Å². The molecule has 5 N–H and O–H groups in total. The van der Waals surface area contributed by atoms with Gasteiger partial charge in [0.05, 0.1) is 0 Å². The molecule has 0 aliphatic carbocycles. The molecule has 0 heterocycles. The average molecular weight is 149 g/mol. The number of rotatable bonds is 2. The van der Waals surface area contributed by atoms with Gasteiger partial charge in [0.2, 0.25) is 0 Å². The van der Waals surface area contributed by atoms with Crippen molar-refractivity contribution in [1.82, 2.24) is 0 Å². The summed E-state index contributed by atoms with van der Waals surface area (Å²) in [5, 5.41) is 7.01. The Labute approximate surface area is 65.5 Å². The van der Waals surface area contributed by atoms with Gasteiger partial charge in [0, 0.05) is 24.0 Å². The second-order valence-corrected chi connectivity index (χ2v) is 2.31. The van der Waals surface area contributed by atoms with Gasteiger partial charge in [0.25, 0.3) is 0 Å². The van der Waals surface area contributed by atoms with E-state index in [-0.39, 0.29) is 0 Å². The smallest absolute Gasteiger partial charge is 0.0403 e. The fourth-order valence-corrected chi connectivity index (χ4v) is 0.876. The van der Waals surface area contributed by atoms with Crippen molar-refractivity contribution in [2.75, 3.05) is 5.73 Å². The van der Waals surface area contributed by atoms with Crippen LogP contribution in [-0.2, 0) is 6.54 Å². The summed E-state index contributed by atoms with van der Waals surface area (Å²) in [5.74, 6) is 0. The summed E-state index contributed by atoms with van der Waals surface area (Å²) >= 11 is 0. The molecule has 0 radical (unpaired) electrons. The lowest BCUT2D eigenvalue weighted by atomic mass is 10.1. The maximum Gasteiger partial charge on any atom is 0.0403 e. The molecule has 3 heteroatoms. The lowest BCUT2D eigenvalue weighted by molar-refractivity contribution is 1.07. The molecule has 1 aromatic carbocycles. The van der Waals surface area contributed by atoms with Crippen LogP contribution in [0.5, 0.6) is 0 Å². The number of hydrogen-bond donors (Lipinski definition) is 3. The van der Waals surface area contributed by atoms with E-state index in [2.05, 4.69) is 0 Å². The van der Waals surface area contributed by atoms with Gasteiger partial charge in [-0.3, -0.25) is 0 Å². The number of nitrogens with one attached hydrogen (secondary N) is 1. The molecule has 11 heavy (non-hydrogen) atoms. The zero-order chi connectivity index (χ0) is 8.27. The SMILES string of the molecule is N=Cc1cc(CN)ccc1N. The van der Waals surface area contributed by atoms with Gasteiger partial charge in [0.1, 0.15) is 0 Å². The van der Waals surface area contributed by atoms with Crippen LogP contribution in [0.3, 0.4) is 0 Å². The Balaban J connectivity index is 3.12. The molecule has 1 aromatic rings. The largest absolute Gasteiger partial charge is 0.398 e. The molecule has 58 valence electrons. The molecule has 0 aliphatic rings. The number of anilines is 1. The molecule has 1 rings (SSSR count). The molecule has 0 spiro atoms. The van der Waals surface area contributed by atoms with E-state index in [4.69, 9.17) is 16.9 Å². The normalized spacial score (nSPS) is 9.55. The Kier molecular flexibility index (Phi) is 2.23. The number of nitrogen functional groups attached to an aromatic ring is 1. The molecule has 0 atom stereocenters. The third-order valence-electron chi connectivity index (χ3n) is 1.54. The van der Waals surface area contributed by atoms with Crippen LogP contribution in [0, 0.1) is 5.41 Å². The Bertz CT molecular complexity index is 268. The highest BCUT2D eigenvalue weighted by molar-refractivity contribution is 5.85. The lowest BCUT2D eigenvalue weighted by Crippen LogP contribution is -1.99. The van der Waals surface area contributed by atoms with Gasteiger partial charge in [-0.1, -0.05) is 6.07 Å². The molecule has 3 nitrogen and oxygen atoms in total. The minimum absolute atomic E-state index is 0.487. The van der Waals surface area contributed by atoms with Crippen LogP contribution >= 0.6 is 0 Å². The van der Waals surface area contributed by atoms with Crippen LogP contribution in [0.2, 0.25) is 0 Å². The molecular weight excluding hydrogens is 138 g/mol. The first-order valence-corrected chi connectivity index (χ1v) is 3.37. The van der Waals surface area contributed by atoms with Gasteiger partial charge in [0.15, 0.2) is 0 Å². The van der Waals surface area contributed by atoms with E-state index in [0.717, 1.165) is 11.1 Å². The number of nitrogens with two attached hydrogens (primary N) is 2. The Morgan fingerprint density at radius 3 is 2.73 bits per heavy atom. The first-order chi connectivity index (χ1) is 5.27. The predicted octanol–water partition coefficient (Wildman–Crippen LogP) is 0.725. The van der Waals surface area contributed by atoms with Crippen molar-refractivity contribution in [3.05, 3.63) is 29.3 Å². The first-order valence-electron chi connectivity index (χ1n) is 3.37. The summed E-state index contributed by atoms with van der Waals surface area (Å²) in [6.45, 7) is 0.487. The molecule has 0 saturated carbocycles. The predicted molar refractivity (Wildman–Crippen MR) is 46.6 cm³/mol. The van der Waals surface area contributed by atoms with Crippen LogP contribution in [0.4, 0.5) is 5.69 Å². The highest BCUT2D eigenvalue weighted by atomic mass is 14.6. The summed E-state index contributed by atoms with van der Waals surface area (Å²) in [6, 6.07) is 5.45. The van der Waals surface area contributed by atoms with Crippen molar-refractivity contribution < 1.29 is 0 Å². The third kappa shape index (κ3) is 1.56. The average Bonchev–Trinajstić information content (AvgIpc) is 2.05. The van der Waals surface area contributed by atoms with Gasteiger partial charge in [-0.05, 0) is 17.7 Å². The van der Waals surface area contributed by atoms with E-state index in [0.29, 0.717) is 12.2 Å². The van der Waals surface area contributed by atoms with Gasteiger partial charge >= 0.3 is 0 Å². The van der Waals surface area contributed by atoms with Crippen LogP contribution < -0.4 is 11.5 Å². The highest BCUT2D eigenvalue weighted by Gasteiger charge is 1.95.